The minimum atomic E-state index is -1.16. The predicted octanol–water partition coefficient (Wildman–Crippen LogP) is 5.06. The molecule has 156 valence electrons. The third-order valence-electron chi connectivity index (χ3n) is 5.08. The van der Waals surface area contributed by atoms with E-state index in [2.05, 4.69) is 20.9 Å². The lowest BCUT2D eigenvalue weighted by molar-refractivity contribution is -0.132. The second-order valence-electron chi connectivity index (χ2n) is 7.01. The average Bonchev–Trinajstić information content (AvgIpc) is 3.03. The number of carbonyl (C=O) groups excluding carboxylic acids is 2. The Balaban J connectivity index is 1.95. The van der Waals surface area contributed by atoms with Gasteiger partial charge in [-0.25, -0.2) is 8.78 Å². The van der Waals surface area contributed by atoms with E-state index in [1.54, 1.807) is 30.3 Å². The monoisotopic (exact) mass is 484 g/mol. The Morgan fingerprint density at radius 2 is 1.74 bits per heavy atom. The van der Waals surface area contributed by atoms with Crippen LogP contribution in [-0.4, -0.2) is 21.8 Å². The van der Waals surface area contributed by atoms with Crippen molar-refractivity contribution in [1.82, 2.24) is 4.98 Å². The van der Waals surface area contributed by atoms with Crippen molar-refractivity contribution < 1.29 is 23.5 Å². The minimum absolute atomic E-state index is 0.00570. The molecule has 31 heavy (non-hydrogen) atoms. The zero-order chi connectivity index (χ0) is 22.3. The van der Waals surface area contributed by atoms with Crippen molar-refractivity contribution in [1.29, 1.82) is 0 Å². The molecular weight excluding hydrogens is 470 g/mol. The van der Waals surface area contributed by atoms with Gasteiger partial charge in [0.05, 0.1) is 11.6 Å². The van der Waals surface area contributed by atoms with E-state index in [4.69, 9.17) is 0 Å². The number of hydrogen-bond acceptors (Lipinski definition) is 4. The molecule has 0 bridgehead atoms. The van der Waals surface area contributed by atoms with Crippen molar-refractivity contribution in [2.45, 2.75) is 13.0 Å². The van der Waals surface area contributed by atoms with E-state index in [-0.39, 0.29) is 17.0 Å². The number of carbonyl (C=O) groups is 2. The standard InChI is InChI=1S/C23H15BrF2N2O3/c1-12-10-14(2-4-16(12)24)21(29)19-20(13-6-8-27-9-7-13)28(23(31)22(19)30)15-3-5-17(25)18(26)11-15/h2-11,20,29H,1H3/b21-19+. The summed E-state index contributed by atoms with van der Waals surface area (Å²) in [5.41, 5.74) is 1.49. The van der Waals surface area contributed by atoms with E-state index < -0.39 is 29.4 Å². The number of ketones is 1. The van der Waals surface area contributed by atoms with Crippen molar-refractivity contribution in [3.8, 4) is 0 Å². The SMILES string of the molecule is Cc1cc(/C(O)=C2\C(=O)C(=O)N(c3ccc(F)c(F)c3)C2c2ccncc2)ccc1Br. The number of benzene rings is 2. The van der Waals surface area contributed by atoms with Gasteiger partial charge in [-0.1, -0.05) is 22.0 Å². The number of aliphatic hydroxyl groups is 1. The van der Waals surface area contributed by atoms with Crippen LogP contribution < -0.4 is 4.90 Å². The predicted molar refractivity (Wildman–Crippen MR) is 114 cm³/mol. The lowest BCUT2D eigenvalue weighted by atomic mass is 9.95. The molecule has 3 aromatic rings. The molecule has 0 spiro atoms. The van der Waals surface area contributed by atoms with Crippen LogP contribution in [0.5, 0.6) is 0 Å². The summed E-state index contributed by atoms with van der Waals surface area (Å²) in [5.74, 6) is -4.48. The number of aromatic nitrogens is 1. The van der Waals surface area contributed by atoms with Gasteiger partial charge < -0.3 is 5.11 Å². The van der Waals surface area contributed by atoms with Crippen molar-refractivity contribution >= 4 is 39.1 Å². The van der Waals surface area contributed by atoms with Crippen molar-refractivity contribution in [3.63, 3.8) is 0 Å². The van der Waals surface area contributed by atoms with Crippen LogP contribution in [0.4, 0.5) is 14.5 Å². The number of hydrogen-bond donors (Lipinski definition) is 1. The van der Waals surface area contributed by atoms with Crippen LogP contribution in [0.1, 0.15) is 22.7 Å². The number of amides is 1. The number of pyridine rings is 1. The molecule has 1 saturated heterocycles. The molecular formula is C23H15BrF2N2O3. The van der Waals surface area contributed by atoms with Crippen LogP contribution in [0.25, 0.3) is 5.76 Å². The van der Waals surface area contributed by atoms with Gasteiger partial charge in [0.1, 0.15) is 5.76 Å². The number of aryl methyl sites for hydroxylation is 1. The Bertz CT molecular complexity index is 1240. The topological polar surface area (TPSA) is 70.5 Å². The van der Waals surface area contributed by atoms with Gasteiger partial charge in [0, 0.05) is 34.2 Å². The lowest BCUT2D eigenvalue weighted by Gasteiger charge is -2.25. The molecule has 0 radical (unpaired) electrons. The summed E-state index contributed by atoms with van der Waals surface area (Å²) in [6, 6.07) is 10.1. The first-order valence-electron chi connectivity index (χ1n) is 9.22. The summed E-state index contributed by atoms with van der Waals surface area (Å²) in [6.07, 6.45) is 2.95. The highest BCUT2D eigenvalue weighted by Gasteiger charge is 2.47. The molecule has 1 aliphatic rings. The summed E-state index contributed by atoms with van der Waals surface area (Å²) in [5, 5.41) is 11.0. The lowest BCUT2D eigenvalue weighted by Crippen LogP contribution is -2.29. The summed E-state index contributed by atoms with van der Waals surface area (Å²) in [7, 11) is 0. The molecule has 1 unspecified atom stereocenters. The van der Waals surface area contributed by atoms with E-state index in [0.29, 0.717) is 11.1 Å². The number of aliphatic hydroxyl groups excluding tert-OH is 1. The molecule has 1 fully saturated rings. The maximum Gasteiger partial charge on any atom is 0.300 e. The van der Waals surface area contributed by atoms with Crippen LogP contribution >= 0.6 is 15.9 Å². The molecule has 1 N–H and O–H groups in total. The van der Waals surface area contributed by atoms with E-state index in [1.165, 1.54) is 18.5 Å². The number of rotatable bonds is 3. The Labute approximate surface area is 184 Å². The molecule has 8 heteroatoms. The van der Waals surface area contributed by atoms with Crippen LogP contribution in [0, 0.1) is 18.6 Å². The van der Waals surface area contributed by atoms with E-state index in [1.807, 2.05) is 6.92 Å². The summed E-state index contributed by atoms with van der Waals surface area (Å²) in [4.78, 5) is 30.9. The van der Waals surface area contributed by atoms with Gasteiger partial charge in [-0.15, -0.1) is 0 Å². The summed E-state index contributed by atoms with van der Waals surface area (Å²) < 4.78 is 28.2. The number of Topliss-reactive ketones (excluding diaryl/α,β-unsaturated/α-hetero) is 1. The first-order chi connectivity index (χ1) is 14.8. The molecule has 1 aromatic heterocycles. The number of halogens is 3. The quantitative estimate of drug-likeness (QED) is 0.320. The van der Waals surface area contributed by atoms with Crippen LogP contribution in [0.2, 0.25) is 0 Å². The molecule has 1 amide bonds. The highest BCUT2D eigenvalue weighted by molar-refractivity contribution is 9.10. The maximum absolute atomic E-state index is 13.9. The van der Waals surface area contributed by atoms with Crippen molar-refractivity contribution in [2.75, 3.05) is 4.90 Å². The van der Waals surface area contributed by atoms with Crippen molar-refractivity contribution in [2.24, 2.45) is 0 Å². The molecule has 0 saturated carbocycles. The van der Waals surface area contributed by atoms with Gasteiger partial charge in [0.15, 0.2) is 11.6 Å². The zero-order valence-electron chi connectivity index (χ0n) is 16.1. The third kappa shape index (κ3) is 3.63. The highest BCUT2D eigenvalue weighted by atomic mass is 79.9. The van der Waals surface area contributed by atoms with Crippen molar-refractivity contribution in [3.05, 3.63) is 99.3 Å². The zero-order valence-corrected chi connectivity index (χ0v) is 17.7. The fourth-order valence-corrected chi connectivity index (χ4v) is 3.79. The molecule has 1 atom stereocenters. The first kappa shape index (κ1) is 20.9. The van der Waals surface area contributed by atoms with Gasteiger partial charge in [0.2, 0.25) is 0 Å². The number of anilines is 1. The van der Waals surface area contributed by atoms with Gasteiger partial charge in [0.25, 0.3) is 11.7 Å². The molecule has 2 aromatic carbocycles. The summed E-state index contributed by atoms with van der Waals surface area (Å²) >= 11 is 3.38. The average molecular weight is 485 g/mol. The second-order valence-corrected chi connectivity index (χ2v) is 7.87. The third-order valence-corrected chi connectivity index (χ3v) is 5.97. The van der Waals surface area contributed by atoms with E-state index >= 15 is 0 Å². The van der Waals surface area contributed by atoms with E-state index in [9.17, 15) is 23.5 Å². The second kappa shape index (κ2) is 8.03. The normalized spacial score (nSPS) is 17.9. The molecule has 2 heterocycles. The Kier molecular flexibility index (Phi) is 5.41. The Hall–Kier alpha value is -3.39. The Morgan fingerprint density at radius 1 is 1.03 bits per heavy atom. The van der Waals surface area contributed by atoms with Crippen LogP contribution in [0.3, 0.4) is 0 Å². The van der Waals surface area contributed by atoms with Gasteiger partial charge >= 0.3 is 0 Å². The highest BCUT2D eigenvalue weighted by Crippen LogP contribution is 2.42. The minimum Gasteiger partial charge on any atom is -0.507 e. The van der Waals surface area contributed by atoms with Crippen LogP contribution in [0.15, 0.2) is 71.0 Å². The largest absolute Gasteiger partial charge is 0.507 e. The number of nitrogens with zero attached hydrogens (tertiary/aromatic N) is 2. The van der Waals surface area contributed by atoms with E-state index in [0.717, 1.165) is 27.1 Å². The maximum atomic E-state index is 13.9. The van der Waals surface area contributed by atoms with Crippen LogP contribution in [-0.2, 0) is 9.59 Å². The van der Waals surface area contributed by atoms with Gasteiger partial charge in [-0.2, -0.15) is 0 Å². The fraction of sp³-hybridized carbons (Fsp3) is 0.0870. The molecule has 5 nitrogen and oxygen atoms in total. The van der Waals surface area contributed by atoms with Gasteiger partial charge in [-0.05, 0) is 54.4 Å². The molecule has 1 aliphatic heterocycles. The fourth-order valence-electron chi connectivity index (χ4n) is 3.54. The van der Waals surface area contributed by atoms with Gasteiger partial charge in [-0.3, -0.25) is 19.5 Å². The first-order valence-corrected chi connectivity index (χ1v) is 10.0. The molecule has 0 aliphatic carbocycles. The molecule has 4 rings (SSSR count). The Morgan fingerprint density at radius 3 is 2.39 bits per heavy atom. The smallest absolute Gasteiger partial charge is 0.300 e. The summed E-state index contributed by atoms with van der Waals surface area (Å²) in [6.45, 7) is 1.82.